The van der Waals surface area contributed by atoms with Crippen molar-refractivity contribution in [3.8, 4) is 0 Å². The van der Waals surface area contributed by atoms with Gasteiger partial charge >= 0.3 is 0 Å². The van der Waals surface area contributed by atoms with Crippen molar-refractivity contribution in [2.45, 2.75) is 17.5 Å². The van der Waals surface area contributed by atoms with Gasteiger partial charge in [0.05, 0.1) is 17.5 Å². The lowest BCUT2D eigenvalue weighted by atomic mass is 9.96. The van der Waals surface area contributed by atoms with Crippen LogP contribution in [-0.2, 0) is 21.4 Å². The molecule has 0 N–H and O–H groups in total. The summed E-state index contributed by atoms with van der Waals surface area (Å²) in [4.78, 5) is 17.9. The SMILES string of the molecule is O=C(CN(Cc1ccccc1Cl)S(=O)(=O)c1ccc(Br)cc1)N1CCN(C(c2ccccc2)c2ccccc2)CC1. The molecule has 0 bridgehead atoms. The molecule has 0 spiro atoms. The van der Waals surface area contributed by atoms with Crippen molar-refractivity contribution >= 4 is 43.5 Å². The van der Waals surface area contributed by atoms with Crippen LogP contribution in [0.2, 0.25) is 5.02 Å². The topological polar surface area (TPSA) is 60.9 Å². The van der Waals surface area contributed by atoms with Crippen molar-refractivity contribution in [3.63, 3.8) is 0 Å². The van der Waals surface area contributed by atoms with Gasteiger partial charge in [-0.25, -0.2) is 8.42 Å². The summed E-state index contributed by atoms with van der Waals surface area (Å²) in [5, 5.41) is 0.456. The minimum Gasteiger partial charge on any atom is -0.339 e. The summed E-state index contributed by atoms with van der Waals surface area (Å²) in [6.07, 6.45) is 0. The van der Waals surface area contributed by atoms with Crippen LogP contribution in [0.25, 0.3) is 0 Å². The maximum atomic E-state index is 13.7. The number of rotatable bonds is 9. The molecule has 1 fully saturated rings. The fourth-order valence-corrected chi connectivity index (χ4v) is 6.99. The molecule has 1 aliphatic rings. The Balaban J connectivity index is 1.33. The lowest BCUT2D eigenvalue weighted by Gasteiger charge is -2.40. The molecule has 0 aliphatic carbocycles. The van der Waals surface area contributed by atoms with Crippen LogP contribution in [0.3, 0.4) is 0 Å². The molecule has 4 aromatic carbocycles. The zero-order chi connectivity index (χ0) is 28.8. The van der Waals surface area contributed by atoms with E-state index in [1.165, 1.54) is 27.6 Å². The number of hydrogen-bond acceptors (Lipinski definition) is 4. The molecule has 1 aliphatic heterocycles. The molecule has 212 valence electrons. The summed E-state index contributed by atoms with van der Waals surface area (Å²) in [5.41, 5.74) is 3.04. The van der Waals surface area contributed by atoms with Gasteiger partial charge in [-0.3, -0.25) is 9.69 Å². The zero-order valence-electron chi connectivity index (χ0n) is 22.4. The number of carbonyl (C=O) groups excluding carboxylic acids is 1. The number of hydrogen-bond donors (Lipinski definition) is 0. The second-order valence-electron chi connectivity index (χ2n) is 9.96. The third-order valence-corrected chi connectivity index (χ3v) is 10.0. The van der Waals surface area contributed by atoms with Gasteiger partial charge in [-0.15, -0.1) is 0 Å². The van der Waals surface area contributed by atoms with E-state index in [0.717, 1.165) is 4.47 Å². The molecule has 0 unspecified atom stereocenters. The van der Waals surface area contributed by atoms with Crippen molar-refractivity contribution in [1.82, 2.24) is 14.1 Å². The Morgan fingerprint density at radius 3 is 1.88 bits per heavy atom. The van der Waals surface area contributed by atoms with Crippen molar-refractivity contribution in [1.29, 1.82) is 0 Å². The summed E-state index contributed by atoms with van der Waals surface area (Å²) in [6, 6.07) is 34.4. The summed E-state index contributed by atoms with van der Waals surface area (Å²) in [7, 11) is -3.97. The second-order valence-corrected chi connectivity index (χ2v) is 13.2. The quantitative estimate of drug-likeness (QED) is 0.215. The van der Waals surface area contributed by atoms with Crippen molar-refractivity contribution in [2.24, 2.45) is 0 Å². The van der Waals surface area contributed by atoms with Gasteiger partial charge in [0, 0.05) is 42.2 Å². The third kappa shape index (κ3) is 7.08. The second kappa shape index (κ2) is 13.3. The Hall–Kier alpha value is -3.01. The number of halogens is 2. The molecule has 4 aromatic rings. The first kappa shape index (κ1) is 29.5. The molecule has 41 heavy (non-hydrogen) atoms. The smallest absolute Gasteiger partial charge is 0.243 e. The number of carbonyl (C=O) groups is 1. The molecule has 0 radical (unpaired) electrons. The molecule has 0 aromatic heterocycles. The number of nitrogens with zero attached hydrogens (tertiary/aromatic N) is 3. The molecule has 5 rings (SSSR count). The first-order chi connectivity index (χ1) is 19.8. The van der Waals surface area contributed by atoms with E-state index in [2.05, 4.69) is 45.1 Å². The fourth-order valence-electron chi connectivity index (χ4n) is 5.16. The Bertz CT molecular complexity index is 1520. The van der Waals surface area contributed by atoms with E-state index in [1.807, 2.05) is 42.5 Å². The Kier molecular flexibility index (Phi) is 9.57. The Morgan fingerprint density at radius 2 is 1.32 bits per heavy atom. The predicted molar refractivity (Wildman–Crippen MR) is 166 cm³/mol. The van der Waals surface area contributed by atoms with Crippen LogP contribution in [0.15, 0.2) is 119 Å². The minimum absolute atomic E-state index is 0.00609. The summed E-state index contributed by atoms with van der Waals surface area (Å²) >= 11 is 9.75. The van der Waals surface area contributed by atoms with E-state index in [0.29, 0.717) is 36.8 Å². The highest BCUT2D eigenvalue weighted by Crippen LogP contribution is 2.30. The normalized spacial score (nSPS) is 14.5. The maximum absolute atomic E-state index is 13.7. The van der Waals surface area contributed by atoms with Crippen LogP contribution in [0, 0.1) is 0 Å². The third-order valence-electron chi connectivity index (χ3n) is 7.33. The van der Waals surface area contributed by atoms with Gasteiger partial charge in [0.1, 0.15) is 0 Å². The molecule has 6 nitrogen and oxygen atoms in total. The van der Waals surface area contributed by atoms with Gasteiger partial charge in [0.25, 0.3) is 0 Å². The largest absolute Gasteiger partial charge is 0.339 e. The highest BCUT2D eigenvalue weighted by molar-refractivity contribution is 9.10. The predicted octanol–water partition coefficient (Wildman–Crippen LogP) is 6.23. The van der Waals surface area contributed by atoms with Crippen LogP contribution in [0.5, 0.6) is 0 Å². The molecule has 9 heteroatoms. The van der Waals surface area contributed by atoms with E-state index in [9.17, 15) is 13.2 Å². The van der Waals surface area contributed by atoms with E-state index in [1.54, 1.807) is 35.2 Å². The van der Waals surface area contributed by atoms with Gasteiger partial charge in [-0.05, 0) is 47.0 Å². The lowest BCUT2D eigenvalue weighted by molar-refractivity contribution is -0.133. The van der Waals surface area contributed by atoms with E-state index in [4.69, 9.17) is 11.6 Å². The van der Waals surface area contributed by atoms with Gasteiger partial charge in [-0.2, -0.15) is 4.31 Å². The number of sulfonamides is 1. The van der Waals surface area contributed by atoms with Crippen molar-refractivity contribution < 1.29 is 13.2 Å². The molecular formula is C32H31BrClN3O3S. The highest BCUT2D eigenvalue weighted by atomic mass is 79.9. The van der Waals surface area contributed by atoms with Gasteiger partial charge in [0.2, 0.25) is 15.9 Å². The monoisotopic (exact) mass is 651 g/mol. The number of benzene rings is 4. The van der Waals surface area contributed by atoms with Crippen LogP contribution in [-0.4, -0.2) is 61.2 Å². The summed E-state index contributed by atoms with van der Waals surface area (Å²) in [6.45, 7) is 2.08. The molecule has 0 saturated carbocycles. The standard InChI is InChI=1S/C32H31BrClN3O3S/c33-28-15-17-29(18-16-28)41(39,40)37(23-27-13-7-8-14-30(27)34)24-31(38)35-19-21-36(22-20-35)32(25-9-3-1-4-10-25)26-11-5-2-6-12-26/h1-18,32H,19-24H2. The molecule has 0 atom stereocenters. The molecular weight excluding hydrogens is 622 g/mol. The first-order valence-electron chi connectivity index (χ1n) is 13.4. The van der Waals surface area contributed by atoms with Gasteiger partial charge in [0.15, 0.2) is 0 Å². The Morgan fingerprint density at radius 1 is 0.780 bits per heavy atom. The fraction of sp³-hybridized carbons (Fsp3) is 0.219. The number of amides is 1. The van der Waals surface area contributed by atoms with Crippen LogP contribution < -0.4 is 0 Å². The summed E-state index contributed by atoms with van der Waals surface area (Å²) in [5.74, 6) is -0.228. The zero-order valence-corrected chi connectivity index (χ0v) is 25.6. The maximum Gasteiger partial charge on any atom is 0.243 e. The first-order valence-corrected chi connectivity index (χ1v) is 16.0. The van der Waals surface area contributed by atoms with Crippen LogP contribution in [0.4, 0.5) is 0 Å². The van der Waals surface area contributed by atoms with E-state index < -0.39 is 10.0 Å². The lowest BCUT2D eigenvalue weighted by Crippen LogP contribution is -2.52. The van der Waals surface area contributed by atoms with Crippen molar-refractivity contribution in [3.05, 3.63) is 135 Å². The van der Waals surface area contributed by atoms with E-state index >= 15 is 0 Å². The number of piperazine rings is 1. The molecule has 1 heterocycles. The molecule has 1 amide bonds. The van der Waals surface area contributed by atoms with Gasteiger partial charge < -0.3 is 4.90 Å². The average Bonchev–Trinajstić information content (AvgIpc) is 2.99. The van der Waals surface area contributed by atoms with Gasteiger partial charge in [-0.1, -0.05) is 106 Å². The summed E-state index contributed by atoms with van der Waals surface area (Å²) < 4.78 is 29.4. The average molecular weight is 653 g/mol. The minimum atomic E-state index is -3.97. The van der Waals surface area contributed by atoms with Crippen molar-refractivity contribution in [2.75, 3.05) is 32.7 Å². The van der Waals surface area contributed by atoms with Crippen LogP contribution in [0.1, 0.15) is 22.7 Å². The molecule has 1 saturated heterocycles. The Labute approximate surface area is 255 Å². The van der Waals surface area contributed by atoms with E-state index in [-0.39, 0.29) is 29.9 Å². The van der Waals surface area contributed by atoms with Crippen LogP contribution >= 0.6 is 27.5 Å². The highest BCUT2D eigenvalue weighted by Gasteiger charge is 2.32.